The number of rotatable bonds is 2. The maximum absolute atomic E-state index is 5.79. The second-order valence-electron chi connectivity index (χ2n) is 3.59. The van der Waals surface area contributed by atoms with Gasteiger partial charge in [-0.15, -0.1) is 0 Å². The topological polar surface area (TPSA) is 38.9 Å². The molecule has 1 atom stereocenters. The molecule has 0 aliphatic carbocycles. The molecule has 0 amide bonds. The van der Waals surface area contributed by atoms with Crippen molar-refractivity contribution < 1.29 is 0 Å². The predicted octanol–water partition coefficient (Wildman–Crippen LogP) is 1.61. The molecule has 0 radical (unpaired) electrons. The molecular formula is C12H16N2. The van der Waals surface area contributed by atoms with Gasteiger partial charge in [0.25, 0.3) is 0 Å². The Morgan fingerprint density at radius 3 is 2.79 bits per heavy atom. The highest BCUT2D eigenvalue weighted by atomic mass is 14.7. The van der Waals surface area contributed by atoms with Crippen LogP contribution in [0, 0.1) is 17.8 Å². The Hall–Kier alpha value is -1.33. The van der Waals surface area contributed by atoms with Gasteiger partial charge in [0.2, 0.25) is 0 Å². The number of aromatic nitrogens is 1. The van der Waals surface area contributed by atoms with Crippen molar-refractivity contribution in [1.29, 1.82) is 0 Å². The van der Waals surface area contributed by atoms with Crippen molar-refractivity contribution >= 4 is 0 Å². The van der Waals surface area contributed by atoms with Crippen LogP contribution in [0.15, 0.2) is 24.4 Å². The van der Waals surface area contributed by atoms with E-state index in [0.29, 0.717) is 12.3 Å². The van der Waals surface area contributed by atoms with Gasteiger partial charge in [-0.25, -0.2) is 0 Å². The summed E-state index contributed by atoms with van der Waals surface area (Å²) < 4.78 is 0. The van der Waals surface area contributed by atoms with E-state index in [0.717, 1.165) is 5.69 Å². The van der Waals surface area contributed by atoms with Gasteiger partial charge in [0.05, 0.1) is 18.2 Å². The van der Waals surface area contributed by atoms with Crippen LogP contribution in [0.1, 0.15) is 19.5 Å². The normalized spacial score (nSPS) is 12.0. The molecule has 0 saturated heterocycles. The van der Waals surface area contributed by atoms with E-state index < -0.39 is 0 Å². The summed E-state index contributed by atoms with van der Waals surface area (Å²) in [5.74, 6) is 6.47. The van der Waals surface area contributed by atoms with E-state index in [9.17, 15) is 0 Å². The zero-order chi connectivity index (χ0) is 10.4. The maximum atomic E-state index is 5.79. The Kier molecular flexibility index (Phi) is 4.15. The highest BCUT2D eigenvalue weighted by molar-refractivity contribution is 5.15. The van der Waals surface area contributed by atoms with Crippen LogP contribution in [0.5, 0.6) is 0 Å². The van der Waals surface area contributed by atoms with Gasteiger partial charge in [0.15, 0.2) is 0 Å². The average molecular weight is 188 g/mol. The number of pyridine rings is 1. The lowest BCUT2D eigenvalue weighted by molar-refractivity contribution is 0.584. The minimum atomic E-state index is -0.0290. The molecule has 1 rings (SSSR count). The molecule has 0 aliphatic rings. The summed E-state index contributed by atoms with van der Waals surface area (Å²) >= 11 is 0. The molecule has 0 aliphatic heterocycles. The van der Waals surface area contributed by atoms with E-state index in [1.807, 2.05) is 18.2 Å². The third-order valence-electron chi connectivity index (χ3n) is 1.98. The van der Waals surface area contributed by atoms with Crippen LogP contribution in [0.2, 0.25) is 0 Å². The molecule has 74 valence electrons. The first kappa shape index (κ1) is 10.7. The molecule has 0 aromatic carbocycles. The number of hydrogen-bond acceptors (Lipinski definition) is 2. The van der Waals surface area contributed by atoms with Gasteiger partial charge in [-0.3, -0.25) is 4.98 Å². The van der Waals surface area contributed by atoms with E-state index in [1.54, 1.807) is 6.20 Å². The van der Waals surface area contributed by atoms with Gasteiger partial charge in [0, 0.05) is 6.20 Å². The van der Waals surface area contributed by atoms with Gasteiger partial charge in [-0.1, -0.05) is 31.8 Å². The van der Waals surface area contributed by atoms with E-state index in [1.165, 1.54) is 0 Å². The van der Waals surface area contributed by atoms with Gasteiger partial charge in [-0.2, -0.15) is 0 Å². The van der Waals surface area contributed by atoms with E-state index in [-0.39, 0.29) is 6.04 Å². The highest BCUT2D eigenvalue weighted by Crippen LogP contribution is 1.97. The van der Waals surface area contributed by atoms with E-state index >= 15 is 0 Å². The summed E-state index contributed by atoms with van der Waals surface area (Å²) in [5.41, 5.74) is 6.78. The summed E-state index contributed by atoms with van der Waals surface area (Å²) in [4.78, 5) is 4.18. The summed E-state index contributed by atoms with van der Waals surface area (Å²) in [6, 6.07) is 5.80. The first-order valence-corrected chi connectivity index (χ1v) is 4.84. The number of nitrogens with zero attached hydrogens (tertiary/aromatic N) is 1. The summed E-state index contributed by atoms with van der Waals surface area (Å²) in [7, 11) is 0. The lowest BCUT2D eigenvalue weighted by Crippen LogP contribution is -2.24. The van der Waals surface area contributed by atoms with Crippen LogP contribution in [-0.2, 0) is 6.42 Å². The quantitative estimate of drug-likeness (QED) is 0.716. The second kappa shape index (κ2) is 5.41. The van der Waals surface area contributed by atoms with E-state index in [2.05, 4.69) is 30.7 Å². The lowest BCUT2D eigenvalue weighted by atomic mass is 10.1. The molecule has 1 heterocycles. The average Bonchev–Trinajstić information content (AvgIpc) is 2.19. The Morgan fingerprint density at radius 1 is 1.43 bits per heavy atom. The van der Waals surface area contributed by atoms with Gasteiger partial charge < -0.3 is 5.73 Å². The molecule has 2 heteroatoms. The molecule has 0 fully saturated rings. The third kappa shape index (κ3) is 3.59. The minimum Gasteiger partial charge on any atom is -0.317 e. The molecule has 1 aromatic rings. The second-order valence-corrected chi connectivity index (χ2v) is 3.59. The number of nitrogens with two attached hydrogens (primary N) is 1. The Bertz CT molecular complexity index is 319. The van der Waals surface area contributed by atoms with Crippen molar-refractivity contribution in [3.8, 4) is 11.8 Å². The summed E-state index contributed by atoms with van der Waals surface area (Å²) in [6.07, 6.45) is 2.46. The van der Waals surface area contributed by atoms with Crippen LogP contribution in [0.3, 0.4) is 0 Å². The lowest BCUT2D eigenvalue weighted by Gasteiger charge is -2.06. The first-order chi connectivity index (χ1) is 6.70. The van der Waals surface area contributed by atoms with Crippen LogP contribution in [-0.4, -0.2) is 11.0 Å². The molecule has 0 spiro atoms. The molecule has 0 saturated carbocycles. The van der Waals surface area contributed by atoms with Crippen molar-refractivity contribution in [1.82, 2.24) is 4.98 Å². The Balaban J connectivity index is 2.48. The summed E-state index contributed by atoms with van der Waals surface area (Å²) in [6.45, 7) is 4.14. The molecule has 14 heavy (non-hydrogen) atoms. The van der Waals surface area contributed by atoms with Crippen LogP contribution in [0.25, 0.3) is 0 Å². The fraction of sp³-hybridized carbons (Fsp3) is 0.417. The standard InChI is InChI=1S/C12H16N2/c1-10(2)12(13)8-5-7-11-6-3-4-9-14-11/h3-4,6,9-10,12H,7,13H2,1-2H3. The Labute approximate surface area is 85.5 Å². The van der Waals surface area contributed by atoms with Gasteiger partial charge in [-0.05, 0) is 18.1 Å². The monoisotopic (exact) mass is 188 g/mol. The van der Waals surface area contributed by atoms with Gasteiger partial charge >= 0.3 is 0 Å². The molecular weight excluding hydrogens is 172 g/mol. The predicted molar refractivity (Wildman–Crippen MR) is 58.5 cm³/mol. The van der Waals surface area contributed by atoms with Crippen molar-refractivity contribution in [3.05, 3.63) is 30.1 Å². The van der Waals surface area contributed by atoms with Crippen LogP contribution < -0.4 is 5.73 Å². The van der Waals surface area contributed by atoms with Crippen molar-refractivity contribution in [3.63, 3.8) is 0 Å². The first-order valence-electron chi connectivity index (χ1n) is 4.84. The van der Waals surface area contributed by atoms with Crippen LogP contribution in [0.4, 0.5) is 0 Å². The smallest absolute Gasteiger partial charge is 0.0688 e. The zero-order valence-corrected chi connectivity index (χ0v) is 8.70. The third-order valence-corrected chi connectivity index (χ3v) is 1.98. The summed E-state index contributed by atoms with van der Waals surface area (Å²) in [5, 5.41) is 0. The minimum absolute atomic E-state index is 0.0290. The van der Waals surface area contributed by atoms with E-state index in [4.69, 9.17) is 5.73 Å². The number of hydrogen-bond donors (Lipinski definition) is 1. The molecule has 2 nitrogen and oxygen atoms in total. The maximum Gasteiger partial charge on any atom is 0.0688 e. The van der Waals surface area contributed by atoms with Gasteiger partial charge in [0.1, 0.15) is 0 Å². The van der Waals surface area contributed by atoms with Crippen LogP contribution >= 0.6 is 0 Å². The zero-order valence-electron chi connectivity index (χ0n) is 8.70. The molecule has 1 aromatic heterocycles. The van der Waals surface area contributed by atoms with Crippen molar-refractivity contribution in [2.75, 3.05) is 0 Å². The largest absolute Gasteiger partial charge is 0.317 e. The fourth-order valence-electron chi connectivity index (χ4n) is 0.929. The van der Waals surface area contributed by atoms with Crippen molar-refractivity contribution in [2.45, 2.75) is 26.3 Å². The SMILES string of the molecule is CC(C)C(N)C#CCc1ccccn1. The molecule has 1 unspecified atom stereocenters. The highest BCUT2D eigenvalue weighted by Gasteiger charge is 2.01. The molecule has 2 N–H and O–H groups in total. The van der Waals surface area contributed by atoms with Crippen molar-refractivity contribution in [2.24, 2.45) is 11.7 Å². The molecule has 0 bridgehead atoms. The Morgan fingerprint density at radius 2 is 2.21 bits per heavy atom. The fourth-order valence-corrected chi connectivity index (χ4v) is 0.929.